The van der Waals surface area contributed by atoms with Crippen molar-refractivity contribution in [1.82, 2.24) is 19.6 Å². The Morgan fingerprint density at radius 2 is 1.92 bits per heavy atom. The molecular weight excluding hydrogens is 310 g/mol. The quantitative estimate of drug-likeness (QED) is 0.788. The van der Waals surface area contributed by atoms with Crippen molar-refractivity contribution in [3.63, 3.8) is 0 Å². The average Bonchev–Trinajstić information content (AvgIpc) is 2.99. The highest BCUT2D eigenvalue weighted by Crippen LogP contribution is 2.29. The van der Waals surface area contributed by atoms with Crippen LogP contribution in [0.2, 0.25) is 0 Å². The van der Waals surface area contributed by atoms with Crippen LogP contribution >= 0.6 is 0 Å². The molecule has 3 aromatic rings. The van der Waals surface area contributed by atoms with Crippen molar-refractivity contribution in [1.29, 1.82) is 0 Å². The van der Waals surface area contributed by atoms with Crippen LogP contribution in [0.5, 0.6) is 11.5 Å². The first-order valence-corrected chi connectivity index (χ1v) is 7.26. The lowest BCUT2D eigenvalue weighted by Gasteiger charge is -2.10. The maximum atomic E-state index is 12.5. The summed E-state index contributed by atoms with van der Waals surface area (Å²) in [6.07, 6.45) is 0. The summed E-state index contributed by atoms with van der Waals surface area (Å²) in [4.78, 5) is 20.9. The molecule has 0 saturated heterocycles. The third kappa shape index (κ3) is 2.85. The second-order valence-corrected chi connectivity index (χ2v) is 5.21. The Morgan fingerprint density at radius 3 is 2.62 bits per heavy atom. The Balaban J connectivity index is 1.94. The molecule has 2 aromatic heterocycles. The predicted octanol–water partition coefficient (Wildman–Crippen LogP) is 2.01. The van der Waals surface area contributed by atoms with Gasteiger partial charge in [0, 0.05) is 17.5 Å². The summed E-state index contributed by atoms with van der Waals surface area (Å²) >= 11 is 0. The molecule has 3 rings (SSSR count). The van der Waals surface area contributed by atoms with Crippen molar-refractivity contribution >= 4 is 17.4 Å². The fourth-order valence-corrected chi connectivity index (χ4v) is 2.35. The number of methoxy groups -OCH3 is 2. The summed E-state index contributed by atoms with van der Waals surface area (Å²) < 4.78 is 11.9. The summed E-state index contributed by atoms with van der Waals surface area (Å²) in [6.45, 7) is 3.74. The van der Waals surface area contributed by atoms with Crippen LogP contribution in [-0.4, -0.2) is 39.7 Å². The Morgan fingerprint density at radius 1 is 1.12 bits per heavy atom. The number of nitrogens with one attached hydrogen (secondary N) is 1. The molecule has 0 saturated carbocycles. The Kier molecular flexibility index (Phi) is 4.03. The number of aryl methyl sites for hydroxylation is 2. The lowest BCUT2D eigenvalue weighted by molar-refractivity contribution is 0.101. The van der Waals surface area contributed by atoms with Crippen molar-refractivity contribution in [3.05, 3.63) is 41.5 Å². The lowest BCUT2D eigenvalue weighted by atomic mass is 10.2. The smallest absolute Gasteiger partial charge is 0.295 e. The summed E-state index contributed by atoms with van der Waals surface area (Å²) in [5.41, 5.74) is 2.14. The van der Waals surface area contributed by atoms with Gasteiger partial charge in [0.2, 0.25) is 5.82 Å². The molecule has 8 nitrogen and oxygen atoms in total. The number of amides is 1. The molecule has 0 spiro atoms. The largest absolute Gasteiger partial charge is 0.497 e. The molecule has 124 valence electrons. The molecule has 1 amide bonds. The van der Waals surface area contributed by atoms with Crippen LogP contribution in [0, 0.1) is 13.8 Å². The second kappa shape index (κ2) is 6.15. The lowest BCUT2D eigenvalue weighted by Crippen LogP contribution is -2.14. The van der Waals surface area contributed by atoms with Crippen LogP contribution in [0.15, 0.2) is 24.3 Å². The Bertz CT molecular complexity index is 919. The van der Waals surface area contributed by atoms with E-state index in [1.165, 1.54) is 11.6 Å². The second-order valence-electron chi connectivity index (χ2n) is 5.21. The van der Waals surface area contributed by atoms with Crippen LogP contribution in [0.3, 0.4) is 0 Å². The Labute approximate surface area is 138 Å². The number of aromatic nitrogens is 4. The fraction of sp³-hybridized carbons (Fsp3) is 0.250. The molecular formula is C16H17N5O3. The molecule has 0 aliphatic carbocycles. The third-order valence-corrected chi connectivity index (χ3v) is 3.48. The Hall–Kier alpha value is -3.16. The summed E-state index contributed by atoms with van der Waals surface area (Å²) in [5.74, 6) is 1.07. The van der Waals surface area contributed by atoms with Crippen LogP contribution in [-0.2, 0) is 0 Å². The highest BCUT2D eigenvalue weighted by Gasteiger charge is 2.17. The van der Waals surface area contributed by atoms with Crippen LogP contribution in [0.25, 0.3) is 5.78 Å². The zero-order valence-corrected chi connectivity index (χ0v) is 13.8. The molecule has 8 heteroatoms. The fourth-order valence-electron chi connectivity index (χ4n) is 2.35. The molecule has 24 heavy (non-hydrogen) atoms. The van der Waals surface area contributed by atoms with Gasteiger partial charge >= 0.3 is 0 Å². The number of nitrogens with zero attached hydrogens (tertiary/aromatic N) is 4. The van der Waals surface area contributed by atoms with Gasteiger partial charge in [-0.25, -0.2) is 9.50 Å². The van der Waals surface area contributed by atoms with Crippen molar-refractivity contribution in [2.45, 2.75) is 13.8 Å². The first-order valence-electron chi connectivity index (χ1n) is 7.26. The summed E-state index contributed by atoms with van der Waals surface area (Å²) in [6, 6.07) is 6.99. The van der Waals surface area contributed by atoms with Gasteiger partial charge in [-0.3, -0.25) is 4.79 Å². The van der Waals surface area contributed by atoms with E-state index in [9.17, 15) is 4.79 Å². The monoisotopic (exact) mass is 327 g/mol. The molecule has 0 aliphatic heterocycles. The van der Waals surface area contributed by atoms with E-state index in [0.29, 0.717) is 23.0 Å². The molecule has 1 N–H and O–H groups in total. The predicted molar refractivity (Wildman–Crippen MR) is 87.8 cm³/mol. The van der Waals surface area contributed by atoms with Crippen molar-refractivity contribution in [2.24, 2.45) is 0 Å². The molecule has 1 aromatic carbocycles. The van der Waals surface area contributed by atoms with Crippen LogP contribution in [0.4, 0.5) is 5.69 Å². The third-order valence-electron chi connectivity index (χ3n) is 3.48. The minimum absolute atomic E-state index is 0.0288. The molecule has 0 fully saturated rings. The highest BCUT2D eigenvalue weighted by atomic mass is 16.5. The van der Waals surface area contributed by atoms with E-state index in [-0.39, 0.29) is 5.82 Å². The van der Waals surface area contributed by atoms with Gasteiger partial charge < -0.3 is 14.8 Å². The zero-order valence-electron chi connectivity index (χ0n) is 13.8. The first-order chi connectivity index (χ1) is 11.5. The topological polar surface area (TPSA) is 90.6 Å². The maximum Gasteiger partial charge on any atom is 0.295 e. The molecule has 0 unspecified atom stereocenters. The highest BCUT2D eigenvalue weighted by molar-refractivity contribution is 6.02. The number of anilines is 1. The number of ether oxygens (including phenoxy) is 2. The van der Waals surface area contributed by atoms with Gasteiger partial charge in [0.15, 0.2) is 0 Å². The molecule has 0 radical (unpaired) electrons. The number of hydrogen-bond acceptors (Lipinski definition) is 6. The number of carbonyl (C=O) groups excluding carboxylic acids is 1. The average molecular weight is 327 g/mol. The van der Waals surface area contributed by atoms with Crippen LogP contribution < -0.4 is 14.8 Å². The van der Waals surface area contributed by atoms with Gasteiger partial charge in [0.25, 0.3) is 11.7 Å². The molecule has 2 heterocycles. The number of carbonyl (C=O) groups is 1. The van der Waals surface area contributed by atoms with Gasteiger partial charge in [-0.15, -0.1) is 5.10 Å². The number of rotatable bonds is 4. The van der Waals surface area contributed by atoms with Gasteiger partial charge in [-0.1, -0.05) is 0 Å². The minimum Gasteiger partial charge on any atom is -0.497 e. The van der Waals surface area contributed by atoms with Crippen molar-refractivity contribution in [2.75, 3.05) is 19.5 Å². The van der Waals surface area contributed by atoms with E-state index < -0.39 is 5.91 Å². The standard InChI is InChI=1S/C16H17N5O3/c1-9-7-10(2)21-16(17-9)19-14(20-21)15(22)18-12-8-11(23-3)5-6-13(12)24-4/h5-8H,1-4H3,(H,18,22). The first kappa shape index (κ1) is 15.7. The maximum absolute atomic E-state index is 12.5. The van der Waals surface area contributed by atoms with Crippen LogP contribution in [0.1, 0.15) is 22.0 Å². The van der Waals surface area contributed by atoms with Gasteiger partial charge in [0.1, 0.15) is 11.5 Å². The number of fused-ring (bicyclic) bond motifs is 1. The van der Waals surface area contributed by atoms with E-state index in [0.717, 1.165) is 11.4 Å². The van der Waals surface area contributed by atoms with E-state index in [4.69, 9.17) is 9.47 Å². The molecule has 0 bridgehead atoms. The number of benzene rings is 1. The summed E-state index contributed by atoms with van der Waals surface area (Å²) in [7, 11) is 3.07. The zero-order chi connectivity index (χ0) is 17.3. The number of hydrogen-bond donors (Lipinski definition) is 1. The van der Waals surface area contributed by atoms with E-state index in [2.05, 4.69) is 20.4 Å². The minimum atomic E-state index is -0.455. The van der Waals surface area contributed by atoms with Gasteiger partial charge in [-0.05, 0) is 32.0 Å². The van der Waals surface area contributed by atoms with E-state index >= 15 is 0 Å². The molecule has 0 atom stereocenters. The van der Waals surface area contributed by atoms with Gasteiger partial charge in [-0.2, -0.15) is 4.98 Å². The van der Waals surface area contributed by atoms with Gasteiger partial charge in [0.05, 0.1) is 19.9 Å². The van der Waals surface area contributed by atoms with E-state index in [1.807, 2.05) is 19.9 Å². The normalized spacial score (nSPS) is 10.7. The molecule has 0 aliphatic rings. The summed E-state index contributed by atoms with van der Waals surface area (Å²) in [5, 5.41) is 6.94. The van der Waals surface area contributed by atoms with Crippen molar-refractivity contribution < 1.29 is 14.3 Å². The van der Waals surface area contributed by atoms with Crippen molar-refractivity contribution in [3.8, 4) is 11.5 Å². The van der Waals surface area contributed by atoms with E-state index in [1.54, 1.807) is 25.3 Å². The SMILES string of the molecule is COc1ccc(OC)c(NC(=O)c2nc3nc(C)cc(C)n3n2)c1.